The topological polar surface area (TPSA) is 201 Å². The van der Waals surface area contributed by atoms with E-state index in [0.717, 1.165) is 11.6 Å². The maximum atomic E-state index is 14.4. The lowest BCUT2D eigenvalue weighted by molar-refractivity contribution is -0.140. The van der Waals surface area contributed by atoms with Crippen molar-refractivity contribution >= 4 is 61.1 Å². The van der Waals surface area contributed by atoms with Crippen molar-refractivity contribution in [2.75, 3.05) is 32.1 Å². The highest BCUT2D eigenvalue weighted by Crippen LogP contribution is 2.46. The number of sulfonamides is 1. The zero-order chi connectivity index (χ0) is 40.8. The predicted molar refractivity (Wildman–Crippen MR) is 215 cm³/mol. The molecule has 0 spiro atoms. The fourth-order valence-corrected chi connectivity index (χ4v) is 9.56. The number of nitrogens with zero attached hydrogens (tertiary/aromatic N) is 4. The number of ether oxygens (including phenoxy) is 2. The number of nitrogens with one attached hydrogen (secondary N) is 4. The van der Waals surface area contributed by atoms with Gasteiger partial charge in [-0.25, -0.2) is 23.2 Å². The second-order valence-electron chi connectivity index (χ2n) is 16.0. The predicted octanol–water partition coefficient (Wildman–Crippen LogP) is 3.64. The summed E-state index contributed by atoms with van der Waals surface area (Å²) in [5.41, 5.74) is 0.218. The number of aromatic nitrogens is 2. The Bertz CT molecular complexity index is 2190. The van der Waals surface area contributed by atoms with E-state index in [0.29, 0.717) is 59.1 Å². The third-order valence-corrected chi connectivity index (χ3v) is 13.4. The van der Waals surface area contributed by atoms with E-state index in [2.05, 4.69) is 41.1 Å². The molecule has 18 heteroatoms. The zero-order valence-electron chi connectivity index (χ0n) is 32.7. The van der Waals surface area contributed by atoms with Gasteiger partial charge < -0.3 is 35.2 Å². The molecule has 57 heavy (non-hydrogen) atoms. The van der Waals surface area contributed by atoms with E-state index in [4.69, 9.17) is 19.4 Å². The summed E-state index contributed by atoms with van der Waals surface area (Å²) in [6.07, 6.45) is 2.68. The van der Waals surface area contributed by atoms with Crippen LogP contribution in [0.5, 0.6) is 11.5 Å². The molecule has 3 aromatic rings. The molecule has 16 nitrogen and oxygen atoms in total. The van der Waals surface area contributed by atoms with Gasteiger partial charge in [0.1, 0.15) is 40.9 Å². The van der Waals surface area contributed by atoms with Crippen molar-refractivity contribution in [3.05, 3.63) is 42.3 Å². The molecule has 306 valence electrons. The van der Waals surface area contributed by atoms with Gasteiger partial charge in [0.05, 0.1) is 36.7 Å². The normalized spacial score (nSPS) is 24.4. The highest BCUT2D eigenvalue weighted by molar-refractivity contribution is 7.91. The van der Waals surface area contributed by atoms with E-state index in [1.807, 2.05) is 25.3 Å². The number of urea groups is 1. The van der Waals surface area contributed by atoms with Gasteiger partial charge in [-0.2, -0.15) is 0 Å². The lowest BCUT2D eigenvalue weighted by Gasteiger charge is -2.28. The summed E-state index contributed by atoms with van der Waals surface area (Å²) in [5.74, 6) is -1.07. The Morgan fingerprint density at radius 3 is 2.56 bits per heavy atom. The number of hydrogen-bond acceptors (Lipinski definition) is 12. The minimum Gasteiger partial charge on any atom is -0.497 e. The van der Waals surface area contributed by atoms with Gasteiger partial charge in [0.25, 0.3) is 5.91 Å². The van der Waals surface area contributed by atoms with E-state index < -0.39 is 62.6 Å². The highest BCUT2D eigenvalue weighted by Gasteiger charge is 2.62. The van der Waals surface area contributed by atoms with Gasteiger partial charge >= 0.3 is 6.03 Å². The minimum atomic E-state index is -3.90. The summed E-state index contributed by atoms with van der Waals surface area (Å²) in [6, 6.07) is 4.98. The van der Waals surface area contributed by atoms with Gasteiger partial charge in [0.15, 0.2) is 5.13 Å². The number of carbonyl (C=O) groups excluding carboxylic acids is 4. The van der Waals surface area contributed by atoms with Gasteiger partial charge in [0, 0.05) is 47.8 Å². The Morgan fingerprint density at radius 1 is 1.12 bits per heavy atom. The summed E-state index contributed by atoms with van der Waals surface area (Å²) < 4.78 is 39.8. The number of benzene rings is 1. The Balaban J connectivity index is 1.18. The summed E-state index contributed by atoms with van der Waals surface area (Å²) >= 11 is 1.45. The van der Waals surface area contributed by atoms with Crippen LogP contribution in [0.15, 0.2) is 42.3 Å². The third kappa shape index (κ3) is 8.51. The maximum Gasteiger partial charge on any atom is 0.318 e. The number of pyridine rings is 1. The Kier molecular flexibility index (Phi) is 11.1. The van der Waals surface area contributed by atoms with E-state index in [9.17, 15) is 27.6 Å². The number of amides is 5. The van der Waals surface area contributed by atoms with Crippen LogP contribution in [0.4, 0.5) is 9.93 Å². The van der Waals surface area contributed by atoms with Crippen LogP contribution in [0.1, 0.15) is 59.8 Å². The van der Waals surface area contributed by atoms with Crippen molar-refractivity contribution in [3.63, 3.8) is 0 Å². The van der Waals surface area contributed by atoms with Crippen molar-refractivity contribution in [2.24, 2.45) is 11.8 Å². The summed E-state index contributed by atoms with van der Waals surface area (Å²) in [7, 11) is -2.33. The number of fused-ring (bicyclic) bond motifs is 1. The Labute approximate surface area is 336 Å². The molecule has 4 fully saturated rings. The molecule has 0 radical (unpaired) electrons. The van der Waals surface area contributed by atoms with Gasteiger partial charge in [-0.05, 0) is 57.6 Å². The van der Waals surface area contributed by atoms with Crippen LogP contribution in [0.25, 0.3) is 22.3 Å². The summed E-state index contributed by atoms with van der Waals surface area (Å²) in [6.45, 7) is 12.5. The Morgan fingerprint density at radius 2 is 1.89 bits per heavy atom. The number of rotatable bonds is 16. The second kappa shape index (κ2) is 15.8. The molecule has 0 unspecified atom stereocenters. The largest absolute Gasteiger partial charge is 0.497 e. The molecule has 5 atom stereocenters. The van der Waals surface area contributed by atoms with Crippen molar-refractivity contribution in [3.8, 4) is 22.9 Å². The molecule has 5 amide bonds. The SMILES string of the molecule is C=C[C@@H]1C[C@]1(NC(=O)[C@@H]1C[C@@H](Oc2cc(-c3csc(NC(C)C)n3)nc3cc(OC)ccc23)CN1C(=O)[C@@H]1CN(CCC(C)C)C(=O)N1)C(=O)NS(=O)(=O)C1CC1. The first-order valence-corrected chi connectivity index (χ1v) is 21.8. The first-order valence-electron chi connectivity index (χ1n) is 19.3. The van der Waals surface area contributed by atoms with E-state index >= 15 is 0 Å². The second-order valence-corrected chi connectivity index (χ2v) is 18.8. The molecule has 4 N–H and O–H groups in total. The smallest absolute Gasteiger partial charge is 0.318 e. The minimum absolute atomic E-state index is 0.0100. The molecule has 2 saturated carbocycles. The fraction of sp³-hybridized carbons (Fsp3) is 0.538. The van der Waals surface area contributed by atoms with Gasteiger partial charge in [0.2, 0.25) is 21.8 Å². The van der Waals surface area contributed by atoms with Gasteiger partial charge in [-0.3, -0.25) is 19.1 Å². The van der Waals surface area contributed by atoms with Crippen LogP contribution in [0.3, 0.4) is 0 Å². The first-order chi connectivity index (χ1) is 27.1. The zero-order valence-corrected chi connectivity index (χ0v) is 34.4. The number of thiazole rings is 1. The number of anilines is 1. The third-order valence-electron chi connectivity index (χ3n) is 10.8. The van der Waals surface area contributed by atoms with Crippen molar-refractivity contribution in [2.45, 2.75) is 94.8 Å². The van der Waals surface area contributed by atoms with Gasteiger partial charge in [-0.15, -0.1) is 17.9 Å². The maximum absolute atomic E-state index is 14.4. The quantitative estimate of drug-likeness (QED) is 0.154. The van der Waals surface area contributed by atoms with Crippen LogP contribution in [0, 0.1) is 11.8 Å². The van der Waals surface area contributed by atoms with Crippen molar-refractivity contribution in [1.29, 1.82) is 0 Å². The average Bonchev–Trinajstić information content (AvgIpc) is 4.00. The average molecular weight is 823 g/mol. The Hall–Kier alpha value is -4.97. The molecule has 7 rings (SSSR count). The highest BCUT2D eigenvalue weighted by atomic mass is 32.2. The molecular formula is C39H50N8O8S2. The monoisotopic (exact) mass is 822 g/mol. The first kappa shape index (κ1) is 40.2. The van der Waals surface area contributed by atoms with Crippen LogP contribution < -0.4 is 30.1 Å². The van der Waals surface area contributed by atoms with Crippen molar-refractivity contribution < 1.29 is 37.1 Å². The van der Waals surface area contributed by atoms with Crippen LogP contribution in [-0.4, -0.2) is 114 Å². The molecule has 2 aromatic heterocycles. The van der Waals surface area contributed by atoms with Crippen LogP contribution in [-0.2, 0) is 24.4 Å². The summed E-state index contributed by atoms with van der Waals surface area (Å²) in [5, 5.41) is 11.6. The molecule has 2 saturated heterocycles. The van der Waals surface area contributed by atoms with Crippen molar-refractivity contribution in [1.82, 2.24) is 35.1 Å². The van der Waals surface area contributed by atoms with Gasteiger partial charge in [-0.1, -0.05) is 19.9 Å². The molecule has 4 heterocycles. The number of methoxy groups -OCH3 is 1. The lowest BCUT2D eigenvalue weighted by atomic mass is 10.1. The van der Waals surface area contributed by atoms with E-state index in [1.54, 1.807) is 30.2 Å². The molecule has 2 aliphatic carbocycles. The molecule has 1 aromatic carbocycles. The molecule has 4 aliphatic rings. The lowest BCUT2D eigenvalue weighted by Crippen LogP contribution is -2.58. The summed E-state index contributed by atoms with van der Waals surface area (Å²) in [4.78, 5) is 67.8. The number of hydrogen-bond donors (Lipinski definition) is 4. The molecule has 2 aliphatic heterocycles. The molecule has 0 bridgehead atoms. The molecular weight excluding hydrogens is 773 g/mol. The standard InChI is InChI=1S/C39H50N8O8S2/c1-7-23-17-39(23,36(50)45-57(52,53)26-9-10-26)44-34(48)32-15-25(18-47(32)35(49)30-19-46(38(51)43-30)13-12-21(2)3)55-33-16-29(31-20-56-37(42-31)40-22(4)5)41-28-14-24(54-6)8-11-27(28)33/h7-8,11,14,16,20-23,25-26,30,32H,1,9-10,12-13,15,17-19H2,2-6H3,(H,40,42)(H,43,51)(H,44,48)(H,45,50)/t23-,25-,30+,32+,39-/m1/s1. The van der Waals surface area contributed by atoms with E-state index in [-0.39, 0.29) is 38.0 Å². The fourth-order valence-electron chi connectivity index (χ4n) is 7.35. The van der Waals surface area contributed by atoms with Crippen LogP contribution in [0.2, 0.25) is 0 Å². The number of carbonyl (C=O) groups is 4. The van der Waals surface area contributed by atoms with E-state index in [1.165, 1.54) is 22.3 Å². The van der Waals surface area contributed by atoms with Crippen LogP contribution >= 0.6 is 11.3 Å². The number of likely N-dealkylation sites (tertiary alicyclic amines) is 1.